The van der Waals surface area contributed by atoms with E-state index < -0.39 is 0 Å². The van der Waals surface area contributed by atoms with Gasteiger partial charge in [-0.05, 0) is 72.9 Å². The number of anilines is 2. The molecule has 0 bridgehead atoms. The molecule has 0 radical (unpaired) electrons. The van der Waals surface area contributed by atoms with E-state index in [0.29, 0.717) is 16.9 Å². The van der Waals surface area contributed by atoms with E-state index >= 15 is 0 Å². The van der Waals surface area contributed by atoms with Crippen LogP contribution >= 0.6 is 23.8 Å². The van der Waals surface area contributed by atoms with Crippen molar-refractivity contribution in [1.29, 1.82) is 0 Å². The van der Waals surface area contributed by atoms with E-state index in [1.54, 1.807) is 0 Å². The highest BCUT2D eigenvalue weighted by Gasteiger charge is 2.42. The number of aromatic nitrogens is 2. The molecule has 4 atom stereocenters. The van der Waals surface area contributed by atoms with Crippen molar-refractivity contribution in [3.05, 3.63) is 77.3 Å². The summed E-state index contributed by atoms with van der Waals surface area (Å²) in [4.78, 5) is 9.24. The van der Waals surface area contributed by atoms with Crippen LogP contribution in [0.4, 0.5) is 11.4 Å². The summed E-state index contributed by atoms with van der Waals surface area (Å²) in [5, 5.41) is 4.97. The van der Waals surface area contributed by atoms with Gasteiger partial charge >= 0.3 is 0 Å². The lowest BCUT2D eigenvalue weighted by molar-refractivity contribution is 0.357. The second-order valence-electron chi connectivity index (χ2n) is 9.53. The van der Waals surface area contributed by atoms with Gasteiger partial charge in [-0.1, -0.05) is 31.5 Å². The number of thiocarbonyl (C=S) groups is 1. The molecule has 2 aliphatic rings. The maximum absolute atomic E-state index is 6.89. The molecule has 2 fully saturated rings. The second kappa shape index (κ2) is 8.99. The van der Waals surface area contributed by atoms with Crippen molar-refractivity contribution in [2.75, 3.05) is 22.9 Å². The number of hydrogen-bond donors (Lipinski definition) is 1. The number of pyridine rings is 1. The van der Waals surface area contributed by atoms with Crippen molar-refractivity contribution < 1.29 is 0 Å². The Morgan fingerprint density at radius 3 is 2.48 bits per heavy atom. The Bertz CT molecular complexity index is 1140. The van der Waals surface area contributed by atoms with Crippen LogP contribution in [0.5, 0.6) is 0 Å². The zero-order chi connectivity index (χ0) is 23.1. The molecule has 0 spiro atoms. The van der Waals surface area contributed by atoms with Gasteiger partial charge in [0.05, 0.1) is 22.4 Å². The highest BCUT2D eigenvalue weighted by Crippen LogP contribution is 2.43. The van der Waals surface area contributed by atoms with Gasteiger partial charge in [0.25, 0.3) is 0 Å². The number of halogens is 1. The van der Waals surface area contributed by atoms with Gasteiger partial charge in [0.2, 0.25) is 0 Å². The van der Waals surface area contributed by atoms with Crippen LogP contribution in [0.25, 0.3) is 0 Å². The molecule has 1 aromatic carbocycles. The van der Waals surface area contributed by atoms with E-state index in [0.717, 1.165) is 40.9 Å². The maximum Gasteiger partial charge on any atom is 0.174 e. The van der Waals surface area contributed by atoms with E-state index in [9.17, 15) is 0 Å². The van der Waals surface area contributed by atoms with Crippen molar-refractivity contribution in [2.24, 2.45) is 18.9 Å². The third kappa shape index (κ3) is 4.22. The largest absolute Gasteiger partial charge is 0.370 e. The summed E-state index contributed by atoms with van der Waals surface area (Å²) in [6, 6.07) is 16.5. The predicted octanol–water partition coefficient (Wildman–Crippen LogP) is 5.73. The van der Waals surface area contributed by atoms with Gasteiger partial charge in [0.1, 0.15) is 6.04 Å². The van der Waals surface area contributed by atoms with E-state index in [1.165, 1.54) is 6.42 Å². The SMILES string of the molecule is C[C@H]1C[C@H](C)CN(c2ccc(N3C(=S)N[C@@H](c4ccccn4)[C@@H]3c3cccn3C)cc2Cl)C1. The summed E-state index contributed by atoms with van der Waals surface area (Å²) in [6.07, 6.45) is 5.17. The van der Waals surface area contributed by atoms with Crippen molar-refractivity contribution in [1.82, 2.24) is 14.9 Å². The molecule has 0 unspecified atom stereocenters. The fourth-order valence-corrected chi connectivity index (χ4v) is 6.12. The first-order valence-electron chi connectivity index (χ1n) is 11.6. The van der Waals surface area contributed by atoms with Crippen LogP contribution in [-0.4, -0.2) is 27.8 Å². The van der Waals surface area contributed by atoms with E-state index in [-0.39, 0.29) is 12.1 Å². The number of aryl methyl sites for hydroxylation is 1. The molecule has 172 valence electrons. The van der Waals surface area contributed by atoms with Crippen LogP contribution in [0.15, 0.2) is 60.9 Å². The smallest absolute Gasteiger partial charge is 0.174 e. The minimum Gasteiger partial charge on any atom is -0.370 e. The van der Waals surface area contributed by atoms with Crippen LogP contribution < -0.4 is 15.1 Å². The number of piperidine rings is 1. The first kappa shape index (κ1) is 22.2. The number of benzene rings is 1. The Kier molecular flexibility index (Phi) is 6.06. The Balaban J connectivity index is 1.52. The Labute approximate surface area is 206 Å². The quantitative estimate of drug-likeness (QED) is 0.483. The van der Waals surface area contributed by atoms with Crippen LogP contribution in [0.3, 0.4) is 0 Å². The molecule has 1 N–H and O–H groups in total. The molecule has 0 aliphatic carbocycles. The summed E-state index contributed by atoms with van der Waals surface area (Å²) >= 11 is 12.7. The summed E-state index contributed by atoms with van der Waals surface area (Å²) < 4.78 is 2.15. The van der Waals surface area contributed by atoms with E-state index in [1.807, 2.05) is 18.3 Å². The molecule has 0 amide bonds. The molecule has 4 heterocycles. The fraction of sp³-hybridized carbons (Fsp3) is 0.385. The molecule has 2 aliphatic heterocycles. The Morgan fingerprint density at radius 1 is 1.06 bits per heavy atom. The Morgan fingerprint density at radius 2 is 1.85 bits per heavy atom. The van der Waals surface area contributed by atoms with Gasteiger partial charge in [0.15, 0.2) is 5.11 Å². The van der Waals surface area contributed by atoms with Gasteiger partial charge < -0.3 is 19.7 Å². The topological polar surface area (TPSA) is 36.3 Å². The number of rotatable bonds is 4. The number of nitrogens with one attached hydrogen (secondary N) is 1. The molecule has 0 saturated carbocycles. The van der Waals surface area contributed by atoms with Gasteiger partial charge in [-0.3, -0.25) is 4.98 Å². The lowest BCUT2D eigenvalue weighted by Crippen LogP contribution is -2.38. The van der Waals surface area contributed by atoms with Crippen LogP contribution in [-0.2, 0) is 7.05 Å². The molecule has 2 saturated heterocycles. The van der Waals surface area contributed by atoms with Crippen molar-refractivity contribution >= 4 is 40.3 Å². The maximum atomic E-state index is 6.89. The average molecular weight is 480 g/mol. The zero-order valence-corrected chi connectivity index (χ0v) is 20.9. The minimum atomic E-state index is -0.0606. The third-order valence-electron chi connectivity index (χ3n) is 6.80. The van der Waals surface area contributed by atoms with Gasteiger partial charge in [-0.25, -0.2) is 0 Å². The molecule has 5 rings (SSSR count). The van der Waals surface area contributed by atoms with E-state index in [4.69, 9.17) is 23.8 Å². The fourth-order valence-electron chi connectivity index (χ4n) is 5.48. The van der Waals surface area contributed by atoms with Crippen molar-refractivity contribution in [3.63, 3.8) is 0 Å². The molecule has 7 heteroatoms. The molecule has 5 nitrogen and oxygen atoms in total. The summed E-state index contributed by atoms with van der Waals surface area (Å²) in [7, 11) is 2.07. The van der Waals surface area contributed by atoms with Crippen molar-refractivity contribution in [2.45, 2.75) is 32.4 Å². The van der Waals surface area contributed by atoms with Gasteiger partial charge in [-0.15, -0.1) is 0 Å². The van der Waals surface area contributed by atoms with Crippen LogP contribution in [0, 0.1) is 11.8 Å². The molecule has 3 aromatic rings. The molecule has 2 aromatic heterocycles. The second-order valence-corrected chi connectivity index (χ2v) is 10.3. The van der Waals surface area contributed by atoms with Crippen LogP contribution in [0.2, 0.25) is 5.02 Å². The first-order chi connectivity index (χ1) is 15.9. The lowest BCUT2D eigenvalue weighted by atomic mass is 9.91. The van der Waals surface area contributed by atoms with Gasteiger partial charge in [0, 0.05) is 43.9 Å². The average Bonchev–Trinajstić information content (AvgIpc) is 3.35. The highest BCUT2D eigenvalue weighted by atomic mass is 35.5. The number of hydrogen-bond acceptors (Lipinski definition) is 3. The molecular weight excluding hydrogens is 450 g/mol. The lowest BCUT2D eigenvalue weighted by Gasteiger charge is -2.37. The molecular formula is C26H30ClN5S. The van der Waals surface area contributed by atoms with Crippen molar-refractivity contribution in [3.8, 4) is 0 Å². The normalized spacial score (nSPS) is 25.4. The zero-order valence-electron chi connectivity index (χ0n) is 19.3. The standard InChI is InChI=1S/C26H30ClN5S/c1-17-13-18(2)16-31(15-17)22-10-9-19(14-20(22)27)32-25(23-8-6-12-30(23)3)24(29-26(32)33)21-7-4-5-11-28-21/h4-12,14,17-18,24-25H,13,15-16H2,1-3H3,(H,29,33)/t17-,18-,24-,25-/m0/s1. The monoisotopic (exact) mass is 479 g/mol. The number of nitrogens with zero attached hydrogens (tertiary/aromatic N) is 4. The van der Waals surface area contributed by atoms with E-state index in [2.05, 4.69) is 88.2 Å². The Hall–Kier alpha value is -2.57. The van der Waals surface area contributed by atoms with Crippen LogP contribution in [0.1, 0.15) is 43.7 Å². The summed E-state index contributed by atoms with van der Waals surface area (Å²) in [6.45, 7) is 6.73. The summed E-state index contributed by atoms with van der Waals surface area (Å²) in [5.74, 6) is 1.33. The predicted molar refractivity (Wildman–Crippen MR) is 140 cm³/mol. The minimum absolute atomic E-state index is 0.0376. The first-order valence-corrected chi connectivity index (χ1v) is 12.4. The third-order valence-corrected chi connectivity index (χ3v) is 7.42. The van der Waals surface area contributed by atoms with Gasteiger partial charge in [-0.2, -0.15) is 0 Å². The highest BCUT2D eigenvalue weighted by molar-refractivity contribution is 7.80. The molecule has 33 heavy (non-hydrogen) atoms. The summed E-state index contributed by atoms with van der Waals surface area (Å²) in [5.41, 5.74) is 4.22.